The summed E-state index contributed by atoms with van der Waals surface area (Å²) in [5.41, 5.74) is 2.64. The fraction of sp³-hybridized carbons (Fsp3) is 0.500. The van der Waals surface area contributed by atoms with Crippen molar-refractivity contribution in [2.75, 3.05) is 0 Å². The number of hydrogen-bond acceptors (Lipinski definition) is 6. The Bertz CT molecular complexity index is 1560. The first-order valence-corrected chi connectivity index (χ1v) is 16.6. The van der Waals surface area contributed by atoms with Crippen LogP contribution in [0.3, 0.4) is 0 Å². The third-order valence-electron chi connectivity index (χ3n) is 9.36. The van der Waals surface area contributed by atoms with E-state index in [2.05, 4.69) is 72.4 Å². The molecule has 9 nitrogen and oxygen atoms in total. The number of nitrogens with zero attached hydrogens (tertiary/aromatic N) is 5. The summed E-state index contributed by atoms with van der Waals surface area (Å²) in [6.07, 6.45) is 9.17. The third kappa shape index (κ3) is 7.92. The van der Waals surface area contributed by atoms with Crippen molar-refractivity contribution in [3.8, 4) is 0 Å². The number of aliphatic imine (C=N–C) groups is 1. The SMILES string of the molecule is CC(C)(C)CC[C@H](c1ccc(C(=O)NCc2nn[nH]n2)cc1)N1C(=O)C(/C=C/c2ccc(Cl)cc2)=NC12CCC(C(C)(C)C)CC2. The summed E-state index contributed by atoms with van der Waals surface area (Å²) in [5, 5.41) is 17.2. The maximum absolute atomic E-state index is 14.5. The molecule has 1 aliphatic heterocycles. The number of aromatic nitrogens is 4. The second kappa shape index (κ2) is 13.5. The molecule has 0 bridgehead atoms. The van der Waals surface area contributed by atoms with Crippen molar-refractivity contribution in [3.63, 3.8) is 0 Å². The zero-order valence-electron chi connectivity index (χ0n) is 27.8. The van der Waals surface area contributed by atoms with Crippen LogP contribution in [0.15, 0.2) is 59.6 Å². The van der Waals surface area contributed by atoms with Crippen LogP contribution in [0.4, 0.5) is 0 Å². The highest BCUT2D eigenvalue weighted by molar-refractivity contribution is 6.45. The van der Waals surface area contributed by atoms with Gasteiger partial charge < -0.3 is 10.2 Å². The van der Waals surface area contributed by atoms with Crippen LogP contribution in [0.5, 0.6) is 0 Å². The van der Waals surface area contributed by atoms with Gasteiger partial charge in [0, 0.05) is 10.6 Å². The van der Waals surface area contributed by atoms with E-state index < -0.39 is 5.66 Å². The average Bonchev–Trinajstić information content (AvgIpc) is 3.62. The highest BCUT2D eigenvalue weighted by Gasteiger charge is 2.52. The summed E-state index contributed by atoms with van der Waals surface area (Å²) in [4.78, 5) is 34.7. The predicted octanol–water partition coefficient (Wildman–Crippen LogP) is 7.58. The molecule has 1 aromatic heterocycles. The average molecular weight is 644 g/mol. The highest BCUT2D eigenvalue weighted by Crippen LogP contribution is 2.50. The first-order chi connectivity index (χ1) is 21.7. The number of amides is 2. The van der Waals surface area contributed by atoms with E-state index in [0.29, 0.717) is 28.0 Å². The summed E-state index contributed by atoms with van der Waals surface area (Å²) >= 11 is 6.10. The topological polar surface area (TPSA) is 116 Å². The van der Waals surface area contributed by atoms with Gasteiger partial charge in [-0.15, -0.1) is 10.2 Å². The molecule has 46 heavy (non-hydrogen) atoms. The van der Waals surface area contributed by atoms with Crippen LogP contribution in [0.25, 0.3) is 6.08 Å². The molecule has 0 unspecified atom stereocenters. The van der Waals surface area contributed by atoms with Crippen molar-refractivity contribution in [1.82, 2.24) is 30.8 Å². The Morgan fingerprint density at radius 2 is 1.72 bits per heavy atom. The van der Waals surface area contributed by atoms with E-state index in [4.69, 9.17) is 16.6 Å². The van der Waals surface area contributed by atoms with Crippen LogP contribution in [-0.4, -0.2) is 48.7 Å². The fourth-order valence-corrected chi connectivity index (χ4v) is 6.74. The van der Waals surface area contributed by atoms with Gasteiger partial charge in [-0.3, -0.25) is 14.6 Å². The van der Waals surface area contributed by atoms with Gasteiger partial charge in [-0.2, -0.15) is 5.21 Å². The number of carbonyl (C=O) groups excluding carboxylic acids is 2. The first kappa shape index (κ1) is 33.5. The van der Waals surface area contributed by atoms with E-state index in [1.807, 2.05) is 60.7 Å². The second-order valence-corrected chi connectivity index (χ2v) is 15.4. The van der Waals surface area contributed by atoms with Gasteiger partial charge in [0.15, 0.2) is 5.82 Å². The molecule has 2 aromatic carbocycles. The van der Waals surface area contributed by atoms with E-state index in [1.54, 1.807) is 0 Å². The van der Waals surface area contributed by atoms with E-state index >= 15 is 0 Å². The number of hydrogen-bond donors (Lipinski definition) is 2. The second-order valence-electron chi connectivity index (χ2n) is 14.9. The Morgan fingerprint density at radius 3 is 2.30 bits per heavy atom. The van der Waals surface area contributed by atoms with Gasteiger partial charge in [0.2, 0.25) is 0 Å². The van der Waals surface area contributed by atoms with Crippen LogP contribution in [-0.2, 0) is 11.3 Å². The van der Waals surface area contributed by atoms with Gasteiger partial charge in [-0.1, -0.05) is 88.7 Å². The van der Waals surface area contributed by atoms with Crippen LogP contribution < -0.4 is 5.32 Å². The summed E-state index contributed by atoms with van der Waals surface area (Å²) in [6, 6.07) is 15.0. The molecule has 2 N–H and O–H groups in total. The minimum atomic E-state index is -0.609. The third-order valence-corrected chi connectivity index (χ3v) is 9.62. The fourth-order valence-electron chi connectivity index (χ4n) is 6.62. The number of aromatic amines is 1. The zero-order chi connectivity index (χ0) is 33.1. The van der Waals surface area contributed by atoms with Gasteiger partial charge in [-0.25, -0.2) is 0 Å². The van der Waals surface area contributed by atoms with Crippen LogP contribution >= 0.6 is 11.6 Å². The van der Waals surface area contributed by atoms with Gasteiger partial charge in [0.25, 0.3) is 11.8 Å². The minimum Gasteiger partial charge on any atom is -0.345 e. The number of H-pyrrole nitrogens is 1. The number of rotatable bonds is 9. The zero-order valence-corrected chi connectivity index (χ0v) is 28.6. The number of halogens is 1. The smallest absolute Gasteiger partial charge is 0.274 e. The summed E-state index contributed by atoms with van der Waals surface area (Å²) in [7, 11) is 0. The van der Waals surface area contributed by atoms with E-state index in [0.717, 1.165) is 49.7 Å². The Balaban J connectivity index is 1.47. The molecule has 3 aromatic rings. The maximum Gasteiger partial charge on any atom is 0.274 e. The molecule has 1 fully saturated rings. The molecule has 0 radical (unpaired) electrons. The lowest BCUT2D eigenvalue weighted by Crippen LogP contribution is -2.51. The van der Waals surface area contributed by atoms with Gasteiger partial charge in [0.05, 0.1) is 12.6 Å². The molecule has 244 valence electrons. The number of carbonyl (C=O) groups is 2. The van der Waals surface area contributed by atoms with Gasteiger partial charge in [-0.05, 0) is 96.7 Å². The molecule has 2 amide bonds. The molecule has 0 saturated heterocycles. The minimum absolute atomic E-state index is 0.0414. The molecular weight excluding hydrogens is 598 g/mol. The molecule has 1 aliphatic carbocycles. The van der Waals surface area contributed by atoms with E-state index in [1.165, 1.54) is 0 Å². The summed E-state index contributed by atoms with van der Waals surface area (Å²) in [5.74, 6) is 0.708. The Kier molecular flexibility index (Phi) is 9.82. The monoisotopic (exact) mass is 643 g/mol. The molecule has 1 saturated carbocycles. The van der Waals surface area contributed by atoms with Crippen LogP contribution in [0.2, 0.25) is 5.02 Å². The number of benzene rings is 2. The normalized spacial score (nSPS) is 21.2. The molecule has 2 aliphatic rings. The highest BCUT2D eigenvalue weighted by atomic mass is 35.5. The standard InChI is InChI=1S/C36H46ClN7O2/c1-34(2,3)20-19-30(25-10-12-26(13-11-25)32(45)38-23-31-40-42-43-41-31)44-33(46)29(16-9-24-7-14-28(37)15-8-24)39-36(44)21-17-27(18-22-36)35(4,5)6/h7-16,27,30H,17-23H2,1-6H3,(H,38,45)(H,40,41,42,43)/b16-9+/t27?,30-,36?/m1/s1. The Labute approximate surface area is 277 Å². The van der Waals surface area contributed by atoms with Crippen LogP contribution in [0.1, 0.15) is 113 Å². The largest absolute Gasteiger partial charge is 0.345 e. The quantitative estimate of drug-likeness (QED) is 0.249. The van der Waals surface area contributed by atoms with Gasteiger partial charge >= 0.3 is 0 Å². The van der Waals surface area contributed by atoms with Crippen molar-refractivity contribution in [1.29, 1.82) is 0 Å². The van der Waals surface area contributed by atoms with Crippen molar-refractivity contribution in [2.45, 2.75) is 98.3 Å². The van der Waals surface area contributed by atoms with Crippen molar-refractivity contribution in [3.05, 3.63) is 82.1 Å². The molecule has 2 heterocycles. The van der Waals surface area contributed by atoms with Crippen molar-refractivity contribution >= 4 is 35.2 Å². The number of nitrogens with one attached hydrogen (secondary N) is 2. The van der Waals surface area contributed by atoms with Crippen molar-refractivity contribution < 1.29 is 9.59 Å². The molecular formula is C36H46ClN7O2. The van der Waals surface area contributed by atoms with E-state index in [-0.39, 0.29) is 35.2 Å². The molecule has 1 spiro atoms. The lowest BCUT2D eigenvalue weighted by molar-refractivity contribution is -0.134. The predicted molar refractivity (Wildman–Crippen MR) is 182 cm³/mol. The van der Waals surface area contributed by atoms with Crippen LogP contribution in [0, 0.1) is 16.7 Å². The molecule has 5 rings (SSSR count). The number of tetrazole rings is 1. The molecule has 10 heteroatoms. The Morgan fingerprint density at radius 1 is 1.04 bits per heavy atom. The lowest BCUT2D eigenvalue weighted by atomic mass is 9.69. The lowest BCUT2D eigenvalue weighted by Gasteiger charge is -2.47. The first-order valence-electron chi connectivity index (χ1n) is 16.2. The maximum atomic E-state index is 14.5. The van der Waals surface area contributed by atoms with Gasteiger partial charge in [0.1, 0.15) is 11.4 Å². The summed E-state index contributed by atoms with van der Waals surface area (Å²) in [6.45, 7) is 13.8. The molecule has 1 atom stereocenters. The summed E-state index contributed by atoms with van der Waals surface area (Å²) < 4.78 is 0. The Hall–Kier alpha value is -3.85. The van der Waals surface area contributed by atoms with E-state index in [9.17, 15) is 9.59 Å². The van der Waals surface area contributed by atoms with Crippen molar-refractivity contribution in [2.24, 2.45) is 21.7 Å².